The van der Waals surface area contributed by atoms with Gasteiger partial charge in [0.25, 0.3) is 0 Å². The molecule has 0 spiro atoms. The average Bonchev–Trinajstić information content (AvgIpc) is 2.68. The molecule has 7 heteroatoms. The first-order valence-electron chi connectivity index (χ1n) is 9.32. The van der Waals surface area contributed by atoms with Crippen molar-refractivity contribution in [2.45, 2.75) is 27.2 Å². The Morgan fingerprint density at radius 1 is 0.931 bits per heavy atom. The van der Waals surface area contributed by atoms with E-state index in [2.05, 4.69) is 16.0 Å². The van der Waals surface area contributed by atoms with E-state index < -0.39 is 11.3 Å². The van der Waals surface area contributed by atoms with Crippen molar-refractivity contribution in [3.05, 3.63) is 54.1 Å². The molecule has 0 aliphatic rings. The lowest BCUT2D eigenvalue weighted by Gasteiger charge is -2.23. The SMILES string of the molecule is COc1ccc(CCNC(=O)C(C)(C)C(=O)Nc2cccc(NC(C)=O)c2)cc1. The summed E-state index contributed by atoms with van der Waals surface area (Å²) in [5, 5.41) is 8.20. The van der Waals surface area contributed by atoms with Gasteiger partial charge in [0, 0.05) is 24.8 Å². The van der Waals surface area contributed by atoms with Crippen LogP contribution in [0, 0.1) is 5.41 Å². The topological polar surface area (TPSA) is 96.5 Å². The van der Waals surface area contributed by atoms with Gasteiger partial charge in [-0.05, 0) is 56.2 Å². The fourth-order valence-corrected chi connectivity index (χ4v) is 2.60. The molecule has 0 aliphatic heterocycles. The van der Waals surface area contributed by atoms with Gasteiger partial charge in [-0.1, -0.05) is 18.2 Å². The van der Waals surface area contributed by atoms with Gasteiger partial charge < -0.3 is 20.7 Å². The quantitative estimate of drug-likeness (QED) is 0.597. The van der Waals surface area contributed by atoms with Crippen LogP contribution in [-0.2, 0) is 20.8 Å². The van der Waals surface area contributed by atoms with Gasteiger partial charge in [-0.2, -0.15) is 0 Å². The number of hydrogen-bond donors (Lipinski definition) is 3. The normalized spacial score (nSPS) is 10.8. The summed E-state index contributed by atoms with van der Waals surface area (Å²) in [7, 11) is 1.61. The lowest BCUT2D eigenvalue weighted by atomic mass is 9.90. The highest BCUT2D eigenvalue weighted by molar-refractivity contribution is 6.10. The Bertz CT molecular complexity index is 876. The maximum Gasteiger partial charge on any atom is 0.239 e. The van der Waals surface area contributed by atoms with Crippen molar-refractivity contribution in [3.8, 4) is 5.75 Å². The molecule has 0 radical (unpaired) electrons. The van der Waals surface area contributed by atoms with Crippen molar-refractivity contribution in [2.75, 3.05) is 24.3 Å². The van der Waals surface area contributed by atoms with Gasteiger partial charge in [0.1, 0.15) is 11.2 Å². The molecule has 0 fully saturated rings. The molecule has 0 saturated carbocycles. The summed E-state index contributed by atoms with van der Waals surface area (Å²) >= 11 is 0. The van der Waals surface area contributed by atoms with Crippen molar-refractivity contribution in [2.24, 2.45) is 5.41 Å². The van der Waals surface area contributed by atoms with Crippen molar-refractivity contribution < 1.29 is 19.1 Å². The molecule has 7 nitrogen and oxygen atoms in total. The Kier molecular flexibility index (Phi) is 7.36. The summed E-state index contributed by atoms with van der Waals surface area (Å²) in [6.07, 6.45) is 0.645. The lowest BCUT2D eigenvalue weighted by molar-refractivity contribution is -0.138. The summed E-state index contributed by atoms with van der Waals surface area (Å²) in [6.45, 7) is 4.97. The van der Waals surface area contributed by atoms with Crippen LogP contribution in [0.15, 0.2) is 48.5 Å². The number of amides is 3. The molecule has 0 saturated heterocycles. The molecular formula is C22H27N3O4. The van der Waals surface area contributed by atoms with Crippen LogP contribution in [0.3, 0.4) is 0 Å². The minimum atomic E-state index is -1.26. The van der Waals surface area contributed by atoms with E-state index in [4.69, 9.17) is 4.74 Å². The molecule has 0 aromatic heterocycles. The molecule has 2 aromatic carbocycles. The molecule has 0 unspecified atom stereocenters. The number of rotatable bonds is 8. The van der Waals surface area contributed by atoms with Crippen molar-refractivity contribution in [3.63, 3.8) is 0 Å². The largest absolute Gasteiger partial charge is 0.497 e. The summed E-state index contributed by atoms with van der Waals surface area (Å²) in [5.74, 6) is -0.218. The van der Waals surface area contributed by atoms with E-state index in [1.165, 1.54) is 6.92 Å². The van der Waals surface area contributed by atoms with E-state index in [0.717, 1.165) is 11.3 Å². The molecule has 154 valence electrons. The van der Waals surface area contributed by atoms with Gasteiger partial charge in [-0.25, -0.2) is 0 Å². The highest BCUT2D eigenvalue weighted by atomic mass is 16.5. The number of carbonyl (C=O) groups is 3. The standard InChI is InChI=1S/C22H27N3O4/c1-15(26)24-17-6-5-7-18(14-17)25-21(28)22(2,3)20(27)23-13-12-16-8-10-19(29-4)11-9-16/h5-11,14H,12-13H2,1-4H3,(H,23,27)(H,24,26)(H,25,28). The van der Waals surface area contributed by atoms with Gasteiger partial charge in [0.2, 0.25) is 17.7 Å². The Morgan fingerprint density at radius 3 is 2.14 bits per heavy atom. The highest BCUT2D eigenvalue weighted by Crippen LogP contribution is 2.21. The summed E-state index contributed by atoms with van der Waals surface area (Å²) in [5.41, 5.74) is 0.866. The number of nitrogens with one attached hydrogen (secondary N) is 3. The predicted molar refractivity (Wildman–Crippen MR) is 113 cm³/mol. The minimum Gasteiger partial charge on any atom is -0.497 e. The Labute approximate surface area is 170 Å². The second kappa shape index (κ2) is 9.73. The van der Waals surface area contributed by atoms with Gasteiger partial charge in [0.15, 0.2) is 0 Å². The zero-order valence-electron chi connectivity index (χ0n) is 17.2. The van der Waals surface area contributed by atoms with Crippen LogP contribution in [0.5, 0.6) is 5.75 Å². The maximum absolute atomic E-state index is 12.6. The smallest absolute Gasteiger partial charge is 0.239 e. The van der Waals surface area contributed by atoms with Crippen LogP contribution in [0.25, 0.3) is 0 Å². The van der Waals surface area contributed by atoms with Crippen molar-refractivity contribution >= 4 is 29.1 Å². The zero-order chi connectivity index (χ0) is 21.4. The number of carbonyl (C=O) groups excluding carboxylic acids is 3. The van der Waals surface area contributed by atoms with Crippen LogP contribution in [0.1, 0.15) is 26.3 Å². The van der Waals surface area contributed by atoms with E-state index in [9.17, 15) is 14.4 Å². The van der Waals surface area contributed by atoms with E-state index in [1.807, 2.05) is 24.3 Å². The molecular weight excluding hydrogens is 370 g/mol. The van der Waals surface area contributed by atoms with E-state index in [1.54, 1.807) is 45.2 Å². The van der Waals surface area contributed by atoms with E-state index in [0.29, 0.717) is 24.3 Å². The molecule has 2 aromatic rings. The third kappa shape index (κ3) is 6.34. The summed E-state index contributed by atoms with van der Waals surface area (Å²) < 4.78 is 5.12. The van der Waals surface area contributed by atoms with Gasteiger partial charge in [0.05, 0.1) is 7.11 Å². The van der Waals surface area contributed by atoms with E-state index >= 15 is 0 Å². The molecule has 29 heavy (non-hydrogen) atoms. The number of benzene rings is 2. The fraction of sp³-hybridized carbons (Fsp3) is 0.318. The molecule has 0 atom stereocenters. The number of hydrogen-bond acceptors (Lipinski definition) is 4. The van der Waals surface area contributed by atoms with Crippen LogP contribution < -0.4 is 20.7 Å². The molecule has 2 rings (SSSR count). The molecule has 3 amide bonds. The minimum absolute atomic E-state index is 0.204. The third-order valence-electron chi connectivity index (χ3n) is 4.43. The first-order valence-corrected chi connectivity index (χ1v) is 9.32. The van der Waals surface area contributed by atoms with Crippen LogP contribution in [0.4, 0.5) is 11.4 Å². The second-order valence-corrected chi connectivity index (χ2v) is 7.20. The van der Waals surface area contributed by atoms with Gasteiger partial charge >= 0.3 is 0 Å². The first-order chi connectivity index (χ1) is 13.7. The maximum atomic E-state index is 12.6. The number of anilines is 2. The summed E-state index contributed by atoms with van der Waals surface area (Å²) in [4.78, 5) is 36.4. The number of methoxy groups -OCH3 is 1. The molecule has 0 bridgehead atoms. The van der Waals surface area contributed by atoms with Crippen molar-refractivity contribution in [1.82, 2.24) is 5.32 Å². The first kappa shape index (κ1) is 21.9. The monoisotopic (exact) mass is 397 g/mol. The molecule has 0 aliphatic carbocycles. The Balaban J connectivity index is 1.91. The molecule has 0 heterocycles. The Morgan fingerprint density at radius 2 is 1.55 bits per heavy atom. The van der Waals surface area contributed by atoms with Gasteiger partial charge in [-0.3, -0.25) is 14.4 Å². The van der Waals surface area contributed by atoms with Crippen molar-refractivity contribution in [1.29, 1.82) is 0 Å². The third-order valence-corrected chi connectivity index (χ3v) is 4.43. The van der Waals surface area contributed by atoms with E-state index in [-0.39, 0.29) is 11.8 Å². The van der Waals surface area contributed by atoms with Crippen LogP contribution in [-0.4, -0.2) is 31.4 Å². The second-order valence-electron chi connectivity index (χ2n) is 7.20. The van der Waals surface area contributed by atoms with Crippen LogP contribution in [0.2, 0.25) is 0 Å². The highest BCUT2D eigenvalue weighted by Gasteiger charge is 2.35. The fourth-order valence-electron chi connectivity index (χ4n) is 2.60. The summed E-state index contributed by atoms with van der Waals surface area (Å²) in [6, 6.07) is 14.4. The zero-order valence-corrected chi connectivity index (χ0v) is 17.2. The average molecular weight is 397 g/mol. The van der Waals surface area contributed by atoms with Crippen LogP contribution >= 0.6 is 0 Å². The predicted octanol–water partition coefficient (Wildman–Crippen LogP) is 2.98. The number of ether oxygens (including phenoxy) is 1. The molecule has 3 N–H and O–H groups in total. The van der Waals surface area contributed by atoms with Gasteiger partial charge in [-0.15, -0.1) is 0 Å². The Hall–Kier alpha value is -3.35. The lowest BCUT2D eigenvalue weighted by Crippen LogP contribution is -2.45.